The van der Waals surface area contributed by atoms with Gasteiger partial charge in [0.25, 0.3) is 0 Å². The molecule has 2 rings (SSSR count). The molecule has 0 saturated heterocycles. The molecule has 0 aliphatic carbocycles. The zero-order valence-electron chi connectivity index (χ0n) is 12.8. The van der Waals surface area contributed by atoms with Crippen LogP contribution in [0.3, 0.4) is 0 Å². The summed E-state index contributed by atoms with van der Waals surface area (Å²) in [6.45, 7) is 6.45. The van der Waals surface area contributed by atoms with Gasteiger partial charge in [0.05, 0.1) is 5.69 Å². The van der Waals surface area contributed by atoms with E-state index in [0.29, 0.717) is 13.0 Å². The van der Waals surface area contributed by atoms with Crippen molar-refractivity contribution in [1.82, 2.24) is 4.98 Å². The third-order valence-corrected chi connectivity index (χ3v) is 3.92. The Labute approximate surface area is 135 Å². The highest BCUT2D eigenvalue weighted by molar-refractivity contribution is 7.14. The van der Waals surface area contributed by atoms with Crippen LogP contribution < -0.4 is 10.6 Å². The van der Waals surface area contributed by atoms with Crippen molar-refractivity contribution in [3.05, 3.63) is 42.3 Å². The summed E-state index contributed by atoms with van der Waals surface area (Å²) in [4.78, 5) is 16.2. The van der Waals surface area contributed by atoms with Gasteiger partial charge in [0.15, 0.2) is 5.13 Å². The van der Waals surface area contributed by atoms with Crippen molar-refractivity contribution in [2.24, 2.45) is 0 Å². The fourth-order valence-electron chi connectivity index (χ4n) is 1.93. The molecule has 22 heavy (non-hydrogen) atoms. The molecule has 0 bridgehead atoms. The molecule has 0 saturated carbocycles. The second-order valence-corrected chi connectivity index (χ2v) is 5.79. The Bertz CT molecular complexity index is 619. The van der Waals surface area contributed by atoms with Crippen LogP contribution in [0.15, 0.2) is 42.3 Å². The minimum atomic E-state index is 0.0687. The third-order valence-electron chi connectivity index (χ3n) is 3.12. The van der Waals surface area contributed by atoms with Crippen molar-refractivity contribution in [3.8, 4) is 11.3 Å². The number of carbonyl (C=O) groups is 1. The van der Waals surface area contributed by atoms with Crippen LogP contribution in [-0.4, -0.2) is 17.4 Å². The van der Waals surface area contributed by atoms with E-state index in [9.17, 15) is 4.79 Å². The van der Waals surface area contributed by atoms with E-state index in [-0.39, 0.29) is 5.91 Å². The Morgan fingerprint density at radius 3 is 2.82 bits per heavy atom. The topological polar surface area (TPSA) is 54.0 Å². The van der Waals surface area contributed by atoms with E-state index in [1.54, 1.807) is 17.4 Å². The predicted octanol–water partition coefficient (Wildman–Crippen LogP) is 4.54. The van der Waals surface area contributed by atoms with E-state index in [2.05, 4.69) is 29.1 Å². The van der Waals surface area contributed by atoms with Crippen LogP contribution in [-0.2, 0) is 4.79 Å². The first kappa shape index (κ1) is 16.2. The monoisotopic (exact) mass is 315 g/mol. The Kier molecular flexibility index (Phi) is 6.15. The van der Waals surface area contributed by atoms with Crippen LogP contribution >= 0.6 is 11.3 Å². The summed E-state index contributed by atoms with van der Waals surface area (Å²) in [6, 6.07) is 7.77. The number of benzene rings is 1. The highest BCUT2D eigenvalue weighted by Crippen LogP contribution is 2.25. The fourth-order valence-corrected chi connectivity index (χ4v) is 2.66. The lowest BCUT2D eigenvalue weighted by atomic mass is 10.1. The molecule has 0 aliphatic heterocycles. The summed E-state index contributed by atoms with van der Waals surface area (Å²) in [6.07, 6.45) is 4.32. The maximum Gasteiger partial charge on any atom is 0.224 e. The van der Waals surface area contributed by atoms with Crippen molar-refractivity contribution >= 4 is 28.1 Å². The Hall–Kier alpha value is -2.14. The standard InChI is InChI=1S/C17H21N3OS/c1-3-5-6-16(21)19-14-9-7-13(8-10-14)15-12-22-17(20-15)18-11-4-2/h4,7-10,12H,2-3,5-6,11H2,1H3,(H,18,20)(H,19,21). The molecule has 0 unspecified atom stereocenters. The van der Waals surface area contributed by atoms with Crippen molar-refractivity contribution in [2.45, 2.75) is 26.2 Å². The summed E-state index contributed by atoms with van der Waals surface area (Å²) in [5.41, 5.74) is 2.79. The minimum absolute atomic E-state index is 0.0687. The number of amides is 1. The minimum Gasteiger partial charge on any atom is -0.358 e. The normalized spacial score (nSPS) is 10.2. The molecule has 1 aromatic carbocycles. The molecule has 2 N–H and O–H groups in total. The van der Waals surface area contributed by atoms with Crippen molar-refractivity contribution in [1.29, 1.82) is 0 Å². The van der Waals surface area contributed by atoms with Crippen LogP contribution in [0.2, 0.25) is 0 Å². The summed E-state index contributed by atoms with van der Waals surface area (Å²) < 4.78 is 0. The van der Waals surface area contributed by atoms with Crippen LogP contribution in [0, 0.1) is 0 Å². The lowest BCUT2D eigenvalue weighted by Gasteiger charge is -2.05. The SMILES string of the molecule is C=CCNc1nc(-c2ccc(NC(=O)CCCC)cc2)cs1. The maximum atomic E-state index is 11.7. The van der Waals surface area contributed by atoms with E-state index in [0.717, 1.165) is 34.9 Å². The van der Waals surface area contributed by atoms with Crippen molar-refractivity contribution in [3.63, 3.8) is 0 Å². The average molecular weight is 315 g/mol. The molecular formula is C17H21N3OS. The first-order valence-electron chi connectivity index (χ1n) is 7.43. The van der Waals surface area contributed by atoms with E-state index in [1.807, 2.05) is 29.6 Å². The lowest BCUT2D eigenvalue weighted by molar-refractivity contribution is -0.116. The first-order chi connectivity index (χ1) is 10.7. The number of rotatable bonds is 8. The molecule has 116 valence electrons. The number of carbonyl (C=O) groups excluding carboxylic acids is 1. The van der Waals surface area contributed by atoms with Gasteiger partial charge in [-0.05, 0) is 18.6 Å². The molecule has 1 aromatic heterocycles. The second-order valence-electron chi connectivity index (χ2n) is 4.94. The molecule has 4 nitrogen and oxygen atoms in total. The number of hydrogen-bond acceptors (Lipinski definition) is 4. The van der Waals surface area contributed by atoms with Gasteiger partial charge in [-0.1, -0.05) is 31.6 Å². The van der Waals surface area contributed by atoms with Crippen LogP contribution in [0.25, 0.3) is 11.3 Å². The summed E-state index contributed by atoms with van der Waals surface area (Å²) in [7, 11) is 0. The quantitative estimate of drug-likeness (QED) is 0.703. The molecule has 0 aliphatic rings. The van der Waals surface area contributed by atoms with Gasteiger partial charge in [-0.25, -0.2) is 4.98 Å². The molecular weight excluding hydrogens is 294 g/mol. The Morgan fingerprint density at radius 2 is 2.14 bits per heavy atom. The van der Waals surface area contributed by atoms with E-state index >= 15 is 0 Å². The number of aromatic nitrogens is 1. The van der Waals surface area contributed by atoms with E-state index in [4.69, 9.17) is 0 Å². The Morgan fingerprint density at radius 1 is 1.36 bits per heavy atom. The Balaban J connectivity index is 1.97. The zero-order chi connectivity index (χ0) is 15.8. The molecule has 2 aromatic rings. The van der Waals surface area contributed by atoms with Crippen molar-refractivity contribution < 1.29 is 4.79 Å². The molecule has 5 heteroatoms. The molecule has 0 atom stereocenters. The average Bonchev–Trinajstić information content (AvgIpc) is 3.00. The number of unbranched alkanes of at least 4 members (excludes halogenated alkanes) is 1. The summed E-state index contributed by atoms with van der Waals surface area (Å²) >= 11 is 1.57. The van der Waals surface area contributed by atoms with Gasteiger partial charge >= 0.3 is 0 Å². The number of hydrogen-bond donors (Lipinski definition) is 2. The highest BCUT2D eigenvalue weighted by Gasteiger charge is 2.05. The lowest BCUT2D eigenvalue weighted by Crippen LogP contribution is -2.10. The zero-order valence-corrected chi connectivity index (χ0v) is 13.6. The van der Waals surface area contributed by atoms with E-state index < -0.39 is 0 Å². The first-order valence-corrected chi connectivity index (χ1v) is 8.31. The molecule has 0 radical (unpaired) electrons. The van der Waals surface area contributed by atoms with Gasteiger partial charge in [-0.15, -0.1) is 17.9 Å². The predicted molar refractivity (Wildman–Crippen MR) is 94.4 cm³/mol. The van der Waals surface area contributed by atoms with Gasteiger partial charge < -0.3 is 10.6 Å². The van der Waals surface area contributed by atoms with Gasteiger partial charge in [-0.3, -0.25) is 4.79 Å². The summed E-state index contributed by atoms with van der Waals surface area (Å²) in [5.74, 6) is 0.0687. The molecule has 0 spiro atoms. The van der Waals surface area contributed by atoms with Crippen LogP contribution in [0.1, 0.15) is 26.2 Å². The van der Waals surface area contributed by atoms with Gasteiger partial charge in [0.1, 0.15) is 0 Å². The molecule has 1 heterocycles. The number of nitrogens with zero attached hydrogens (tertiary/aromatic N) is 1. The smallest absolute Gasteiger partial charge is 0.224 e. The summed E-state index contributed by atoms with van der Waals surface area (Å²) in [5, 5.41) is 8.98. The number of thiazole rings is 1. The molecule has 1 amide bonds. The van der Waals surface area contributed by atoms with Gasteiger partial charge in [0.2, 0.25) is 5.91 Å². The van der Waals surface area contributed by atoms with Crippen LogP contribution in [0.4, 0.5) is 10.8 Å². The van der Waals surface area contributed by atoms with E-state index in [1.165, 1.54) is 0 Å². The van der Waals surface area contributed by atoms with Crippen LogP contribution in [0.5, 0.6) is 0 Å². The van der Waals surface area contributed by atoms with Gasteiger partial charge in [0, 0.05) is 29.6 Å². The molecule has 0 fully saturated rings. The van der Waals surface area contributed by atoms with Gasteiger partial charge in [-0.2, -0.15) is 0 Å². The largest absolute Gasteiger partial charge is 0.358 e. The number of nitrogens with one attached hydrogen (secondary N) is 2. The number of anilines is 2. The highest BCUT2D eigenvalue weighted by atomic mass is 32.1. The third kappa shape index (κ3) is 4.70. The maximum absolute atomic E-state index is 11.7. The van der Waals surface area contributed by atoms with Crippen molar-refractivity contribution in [2.75, 3.05) is 17.2 Å². The second kappa shape index (κ2) is 8.34. The fraction of sp³-hybridized carbons (Fsp3) is 0.294.